The summed E-state index contributed by atoms with van der Waals surface area (Å²) in [7, 11) is 0. The van der Waals surface area contributed by atoms with Gasteiger partial charge in [-0.1, -0.05) is 0 Å². The molecule has 0 aromatic carbocycles. The molecule has 6 nitrogen and oxygen atoms in total. The Morgan fingerprint density at radius 1 is 1.33 bits per heavy atom. The van der Waals surface area contributed by atoms with Crippen molar-refractivity contribution in [1.29, 1.82) is 0 Å². The molecule has 21 heavy (non-hydrogen) atoms. The molecule has 3 rings (SSSR count). The predicted octanol–water partition coefficient (Wildman–Crippen LogP) is 2.11. The molecular weight excluding hydrogens is 272 g/mol. The number of nitrogens with one attached hydrogen (secondary N) is 1. The largest absolute Gasteiger partial charge is 0.478 e. The number of carboxylic acid groups (broad SMARTS) is 1. The Labute approximate surface area is 120 Å². The Balaban J connectivity index is 1.87. The zero-order valence-corrected chi connectivity index (χ0v) is 11.3. The lowest BCUT2D eigenvalue weighted by atomic mass is 9.97. The maximum Gasteiger partial charge on any atom is 0.338 e. The molecule has 2 N–H and O–H groups in total. The first kappa shape index (κ1) is 13.4. The van der Waals surface area contributed by atoms with Crippen LogP contribution in [0.4, 0.5) is 0 Å². The average molecular weight is 286 g/mol. The molecule has 0 aliphatic heterocycles. The van der Waals surface area contributed by atoms with Crippen molar-refractivity contribution >= 4 is 18.1 Å². The van der Waals surface area contributed by atoms with Crippen molar-refractivity contribution < 1.29 is 14.3 Å². The third-order valence-corrected chi connectivity index (χ3v) is 3.48. The van der Waals surface area contributed by atoms with Crippen LogP contribution in [-0.2, 0) is 12.8 Å². The average Bonchev–Trinajstić information content (AvgIpc) is 2.94. The summed E-state index contributed by atoms with van der Waals surface area (Å²) in [5.41, 5.74) is 1.63. The highest BCUT2D eigenvalue weighted by molar-refractivity contribution is 5.88. The van der Waals surface area contributed by atoms with Crippen molar-refractivity contribution in [1.82, 2.24) is 9.97 Å². The number of rotatable bonds is 3. The van der Waals surface area contributed by atoms with E-state index in [-0.39, 0.29) is 11.1 Å². The van der Waals surface area contributed by atoms with Crippen molar-refractivity contribution in [2.75, 3.05) is 0 Å². The summed E-state index contributed by atoms with van der Waals surface area (Å²) in [6, 6.07) is 1.41. The number of aromatic carboxylic acids is 1. The summed E-state index contributed by atoms with van der Waals surface area (Å²) in [6.45, 7) is 0. The Morgan fingerprint density at radius 3 is 2.90 bits per heavy atom. The van der Waals surface area contributed by atoms with E-state index in [2.05, 4.69) is 9.97 Å². The lowest BCUT2D eigenvalue weighted by Crippen LogP contribution is -2.21. The van der Waals surface area contributed by atoms with Crippen LogP contribution in [0.25, 0.3) is 12.2 Å². The second kappa shape index (κ2) is 5.40. The minimum absolute atomic E-state index is 0.0848. The van der Waals surface area contributed by atoms with Gasteiger partial charge in [-0.05, 0) is 43.9 Å². The van der Waals surface area contributed by atoms with E-state index in [1.54, 1.807) is 12.2 Å². The van der Waals surface area contributed by atoms with Crippen molar-refractivity contribution in [2.24, 2.45) is 0 Å². The predicted molar refractivity (Wildman–Crippen MR) is 76.1 cm³/mol. The van der Waals surface area contributed by atoms with Crippen LogP contribution in [-0.4, -0.2) is 21.0 Å². The first-order valence-corrected chi connectivity index (χ1v) is 6.75. The van der Waals surface area contributed by atoms with Gasteiger partial charge in [-0.15, -0.1) is 0 Å². The van der Waals surface area contributed by atoms with Gasteiger partial charge >= 0.3 is 5.97 Å². The fourth-order valence-corrected chi connectivity index (χ4v) is 2.41. The first-order valence-electron chi connectivity index (χ1n) is 6.75. The highest BCUT2D eigenvalue weighted by Gasteiger charge is 2.14. The van der Waals surface area contributed by atoms with Crippen molar-refractivity contribution in [3.8, 4) is 0 Å². The maximum absolute atomic E-state index is 12.0. The Hall–Kier alpha value is -2.63. The van der Waals surface area contributed by atoms with Gasteiger partial charge < -0.3 is 14.5 Å². The lowest BCUT2D eigenvalue weighted by Gasteiger charge is -2.13. The van der Waals surface area contributed by atoms with Gasteiger partial charge in [0.05, 0.1) is 11.3 Å². The number of hydrogen-bond donors (Lipinski definition) is 2. The molecule has 0 amide bonds. The maximum atomic E-state index is 12.0. The summed E-state index contributed by atoms with van der Waals surface area (Å²) in [5, 5.41) is 8.81. The number of carbonyl (C=O) groups is 1. The first-order chi connectivity index (χ1) is 10.1. The topological polar surface area (TPSA) is 96.2 Å². The Morgan fingerprint density at radius 2 is 2.14 bits per heavy atom. The highest BCUT2D eigenvalue weighted by atomic mass is 16.4. The standard InChI is InChI=1S/C15H14N2O4/c18-14-11-3-1-2-4-12(11)16-13(17-14)6-5-10-7-9(8-21-10)15(19)20/h5-8H,1-4H2,(H,19,20)(H,16,17,18)/b6-5+. The number of H-pyrrole nitrogens is 1. The third-order valence-electron chi connectivity index (χ3n) is 3.48. The van der Waals surface area contributed by atoms with E-state index in [1.807, 2.05) is 0 Å². The number of aromatic nitrogens is 2. The molecule has 1 aliphatic carbocycles. The molecule has 2 aromatic rings. The van der Waals surface area contributed by atoms with Crippen LogP contribution in [0.1, 0.15) is 46.0 Å². The van der Waals surface area contributed by atoms with Crippen LogP contribution in [0.15, 0.2) is 21.5 Å². The molecule has 0 fully saturated rings. The molecule has 0 spiro atoms. The fraction of sp³-hybridized carbons (Fsp3) is 0.267. The molecule has 0 unspecified atom stereocenters. The minimum atomic E-state index is -1.04. The van der Waals surface area contributed by atoms with E-state index in [0.29, 0.717) is 11.6 Å². The molecule has 0 radical (unpaired) electrons. The molecule has 6 heteroatoms. The summed E-state index contributed by atoms with van der Waals surface area (Å²) >= 11 is 0. The molecule has 2 aromatic heterocycles. The molecule has 0 saturated carbocycles. The van der Waals surface area contributed by atoms with E-state index in [0.717, 1.165) is 36.9 Å². The number of carboxylic acids is 1. The van der Waals surface area contributed by atoms with Gasteiger partial charge in [0.1, 0.15) is 17.8 Å². The smallest absolute Gasteiger partial charge is 0.338 e. The van der Waals surface area contributed by atoms with E-state index in [9.17, 15) is 9.59 Å². The van der Waals surface area contributed by atoms with Crippen LogP contribution in [0.5, 0.6) is 0 Å². The Bertz CT molecular complexity index is 770. The van der Waals surface area contributed by atoms with E-state index in [1.165, 1.54) is 12.3 Å². The minimum Gasteiger partial charge on any atom is -0.478 e. The summed E-state index contributed by atoms with van der Waals surface area (Å²) < 4.78 is 5.10. The monoisotopic (exact) mass is 286 g/mol. The highest BCUT2D eigenvalue weighted by Crippen LogP contribution is 2.16. The number of hydrogen-bond acceptors (Lipinski definition) is 4. The number of aromatic amines is 1. The summed E-state index contributed by atoms with van der Waals surface area (Å²) in [4.78, 5) is 29.9. The molecule has 108 valence electrons. The van der Waals surface area contributed by atoms with Crippen molar-refractivity contribution in [3.05, 3.63) is 51.1 Å². The molecule has 2 heterocycles. The van der Waals surface area contributed by atoms with E-state index in [4.69, 9.17) is 9.52 Å². The van der Waals surface area contributed by atoms with Crippen LogP contribution >= 0.6 is 0 Å². The molecule has 0 saturated heterocycles. The quantitative estimate of drug-likeness (QED) is 0.900. The number of aryl methyl sites for hydroxylation is 1. The van der Waals surface area contributed by atoms with Crippen LogP contribution in [0.2, 0.25) is 0 Å². The number of fused-ring (bicyclic) bond motifs is 1. The van der Waals surface area contributed by atoms with Crippen LogP contribution < -0.4 is 5.56 Å². The second-order valence-corrected chi connectivity index (χ2v) is 4.96. The van der Waals surface area contributed by atoms with Gasteiger partial charge in [0.15, 0.2) is 0 Å². The van der Waals surface area contributed by atoms with Crippen molar-refractivity contribution in [2.45, 2.75) is 25.7 Å². The van der Waals surface area contributed by atoms with Crippen LogP contribution in [0.3, 0.4) is 0 Å². The normalized spacial score (nSPS) is 14.3. The Kier molecular flexibility index (Phi) is 3.43. The van der Waals surface area contributed by atoms with Gasteiger partial charge in [-0.25, -0.2) is 9.78 Å². The summed E-state index contributed by atoms with van der Waals surface area (Å²) in [5.74, 6) is -0.194. The molecule has 1 aliphatic rings. The van der Waals surface area contributed by atoms with Gasteiger partial charge in [-0.2, -0.15) is 0 Å². The van der Waals surface area contributed by atoms with Gasteiger partial charge in [0.2, 0.25) is 0 Å². The number of nitrogens with zero attached hydrogens (tertiary/aromatic N) is 1. The van der Waals surface area contributed by atoms with Gasteiger partial charge in [0.25, 0.3) is 5.56 Å². The second-order valence-electron chi connectivity index (χ2n) is 4.96. The van der Waals surface area contributed by atoms with E-state index < -0.39 is 5.97 Å². The lowest BCUT2D eigenvalue weighted by molar-refractivity contribution is 0.0696. The number of furan rings is 1. The third kappa shape index (κ3) is 2.79. The molecule has 0 atom stereocenters. The van der Waals surface area contributed by atoms with Gasteiger partial charge in [0, 0.05) is 5.56 Å². The van der Waals surface area contributed by atoms with Crippen LogP contribution in [0, 0.1) is 0 Å². The SMILES string of the molecule is O=C(O)c1coc(/C=C/c2nc3c(c(=O)[nH]2)CCCC3)c1. The van der Waals surface area contributed by atoms with Gasteiger partial charge in [-0.3, -0.25) is 4.79 Å². The van der Waals surface area contributed by atoms with E-state index >= 15 is 0 Å². The fourth-order valence-electron chi connectivity index (χ4n) is 2.41. The van der Waals surface area contributed by atoms with Crippen molar-refractivity contribution in [3.63, 3.8) is 0 Å². The zero-order valence-electron chi connectivity index (χ0n) is 11.3. The zero-order chi connectivity index (χ0) is 14.8. The molecule has 0 bridgehead atoms. The molecular formula is C15H14N2O4. The summed E-state index contributed by atoms with van der Waals surface area (Å²) in [6.07, 6.45) is 8.04.